The standard InChI is InChI=1S/C19H20ClNO4/c1-11(2)9-24-18(23)15-14-7-8-19(25-14)10-21(17(22)16(15)19)13-5-3-12(20)4-6-13/h3-8,11,14-16H,9-10H2,1-2H3/t14-,15-,16-,19+/m0/s1. The van der Waals surface area contributed by atoms with Gasteiger partial charge in [-0.05, 0) is 30.2 Å². The molecule has 3 aliphatic heterocycles. The Morgan fingerprint density at radius 2 is 2.12 bits per heavy atom. The number of fused-ring (bicyclic) bond motifs is 1. The largest absolute Gasteiger partial charge is 0.465 e. The number of hydrogen-bond donors (Lipinski definition) is 0. The van der Waals surface area contributed by atoms with Crippen LogP contribution in [-0.2, 0) is 19.1 Å². The van der Waals surface area contributed by atoms with E-state index in [1.165, 1.54) is 0 Å². The van der Waals surface area contributed by atoms with Crippen molar-refractivity contribution in [3.63, 3.8) is 0 Å². The molecular formula is C19H20ClNO4. The van der Waals surface area contributed by atoms with E-state index in [1.807, 2.05) is 26.0 Å². The molecule has 0 aliphatic carbocycles. The number of benzene rings is 1. The van der Waals surface area contributed by atoms with Crippen molar-refractivity contribution in [3.05, 3.63) is 41.4 Å². The molecule has 2 saturated heterocycles. The normalized spacial score (nSPS) is 32.6. The molecule has 0 unspecified atom stereocenters. The van der Waals surface area contributed by atoms with Gasteiger partial charge in [0.15, 0.2) is 0 Å². The van der Waals surface area contributed by atoms with E-state index >= 15 is 0 Å². The van der Waals surface area contributed by atoms with Crippen molar-refractivity contribution < 1.29 is 19.1 Å². The third kappa shape index (κ3) is 2.57. The second-order valence-electron chi connectivity index (χ2n) is 7.32. The number of nitrogens with zero attached hydrogens (tertiary/aromatic N) is 1. The molecule has 0 N–H and O–H groups in total. The first kappa shape index (κ1) is 16.6. The van der Waals surface area contributed by atoms with Crippen LogP contribution in [0.4, 0.5) is 5.69 Å². The number of carbonyl (C=O) groups excluding carboxylic acids is 2. The van der Waals surface area contributed by atoms with E-state index in [4.69, 9.17) is 21.1 Å². The Morgan fingerprint density at radius 1 is 1.40 bits per heavy atom. The lowest BCUT2D eigenvalue weighted by Gasteiger charge is -2.23. The minimum Gasteiger partial charge on any atom is -0.465 e. The molecule has 1 amide bonds. The predicted molar refractivity (Wildman–Crippen MR) is 93.3 cm³/mol. The van der Waals surface area contributed by atoms with E-state index in [1.54, 1.807) is 29.2 Å². The molecule has 1 aromatic carbocycles. The molecule has 0 radical (unpaired) electrons. The molecule has 25 heavy (non-hydrogen) atoms. The lowest BCUT2D eigenvalue weighted by Crippen LogP contribution is -2.40. The zero-order valence-corrected chi connectivity index (χ0v) is 14.9. The van der Waals surface area contributed by atoms with Crippen LogP contribution in [0.3, 0.4) is 0 Å². The van der Waals surface area contributed by atoms with Crippen LogP contribution in [0, 0.1) is 17.8 Å². The Labute approximate surface area is 151 Å². The fourth-order valence-corrected chi connectivity index (χ4v) is 4.08. The Bertz CT molecular complexity index is 744. The van der Waals surface area contributed by atoms with Gasteiger partial charge in [0.25, 0.3) is 0 Å². The molecule has 2 fully saturated rings. The second kappa shape index (κ2) is 5.85. The average Bonchev–Trinajstić information content (AvgIpc) is 3.22. The SMILES string of the molecule is CC(C)COC(=O)[C@H]1[C@@H]2C=C[C@]3(CN(c4ccc(Cl)cc4)C(=O)[C@H]13)O2. The minimum atomic E-state index is -0.733. The van der Waals surface area contributed by atoms with Gasteiger partial charge in [-0.3, -0.25) is 9.59 Å². The maximum atomic E-state index is 13.1. The Hall–Kier alpha value is -1.85. The first-order chi connectivity index (χ1) is 11.9. The summed E-state index contributed by atoms with van der Waals surface area (Å²) in [5.41, 5.74) is 0.0241. The van der Waals surface area contributed by atoms with E-state index in [2.05, 4.69) is 0 Å². The number of esters is 1. The van der Waals surface area contributed by atoms with Crippen LogP contribution in [0.2, 0.25) is 5.02 Å². The topological polar surface area (TPSA) is 55.8 Å². The van der Waals surface area contributed by atoms with Crippen LogP contribution < -0.4 is 4.90 Å². The third-order valence-electron chi connectivity index (χ3n) is 5.07. The summed E-state index contributed by atoms with van der Waals surface area (Å²) in [6, 6.07) is 7.11. The lowest BCUT2D eigenvalue weighted by molar-refractivity contribution is -0.153. The van der Waals surface area contributed by atoms with E-state index < -0.39 is 17.4 Å². The van der Waals surface area contributed by atoms with Gasteiger partial charge in [-0.2, -0.15) is 0 Å². The first-order valence-corrected chi connectivity index (χ1v) is 8.90. The first-order valence-electron chi connectivity index (χ1n) is 8.52. The Morgan fingerprint density at radius 3 is 2.80 bits per heavy atom. The average molecular weight is 362 g/mol. The van der Waals surface area contributed by atoms with Gasteiger partial charge in [0.1, 0.15) is 11.5 Å². The molecule has 3 heterocycles. The zero-order chi connectivity index (χ0) is 17.8. The number of hydrogen-bond acceptors (Lipinski definition) is 4. The summed E-state index contributed by atoms with van der Waals surface area (Å²) in [5, 5.41) is 0.612. The maximum absolute atomic E-state index is 13.1. The van der Waals surface area contributed by atoms with Gasteiger partial charge in [-0.1, -0.05) is 37.6 Å². The fraction of sp³-hybridized carbons (Fsp3) is 0.474. The van der Waals surface area contributed by atoms with Crippen molar-refractivity contribution >= 4 is 29.2 Å². The molecule has 1 aromatic rings. The van der Waals surface area contributed by atoms with Crippen LogP contribution in [0.5, 0.6) is 0 Å². The number of ether oxygens (including phenoxy) is 2. The molecule has 0 saturated carbocycles. The monoisotopic (exact) mass is 361 g/mol. The minimum absolute atomic E-state index is 0.0966. The highest BCUT2D eigenvalue weighted by atomic mass is 35.5. The van der Waals surface area contributed by atoms with Gasteiger partial charge >= 0.3 is 5.97 Å². The highest BCUT2D eigenvalue weighted by Crippen LogP contribution is 2.52. The number of rotatable bonds is 4. The van der Waals surface area contributed by atoms with Crippen molar-refractivity contribution in [1.29, 1.82) is 0 Å². The van der Waals surface area contributed by atoms with Gasteiger partial charge in [-0.25, -0.2) is 0 Å². The van der Waals surface area contributed by atoms with Crippen molar-refractivity contribution in [3.8, 4) is 0 Å². The molecule has 6 heteroatoms. The maximum Gasteiger partial charge on any atom is 0.312 e. The number of anilines is 1. The fourth-order valence-electron chi connectivity index (χ4n) is 3.95. The molecule has 2 bridgehead atoms. The van der Waals surface area contributed by atoms with Gasteiger partial charge in [0.2, 0.25) is 5.91 Å². The summed E-state index contributed by atoms with van der Waals surface area (Å²) in [7, 11) is 0. The summed E-state index contributed by atoms with van der Waals surface area (Å²) in [6.07, 6.45) is 3.44. The number of amides is 1. The molecule has 4 rings (SSSR count). The molecule has 0 aromatic heterocycles. The van der Waals surface area contributed by atoms with Crippen molar-refractivity contribution in [2.75, 3.05) is 18.1 Å². The quantitative estimate of drug-likeness (QED) is 0.611. The number of halogens is 1. The van der Waals surface area contributed by atoms with E-state index in [9.17, 15) is 9.59 Å². The summed E-state index contributed by atoms with van der Waals surface area (Å²) in [5.74, 6) is -1.30. The zero-order valence-electron chi connectivity index (χ0n) is 14.1. The van der Waals surface area contributed by atoms with Gasteiger partial charge in [-0.15, -0.1) is 0 Å². The predicted octanol–water partition coefficient (Wildman–Crippen LogP) is 2.83. The lowest BCUT2D eigenvalue weighted by atomic mass is 9.77. The molecular weight excluding hydrogens is 342 g/mol. The van der Waals surface area contributed by atoms with Crippen LogP contribution in [0.1, 0.15) is 13.8 Å². The van der Waals surface area contributed by atoms with Crippen LogP contribution in [-0.4, -0.2) is 36.7 Å². The molecule has 3 aliphatic rings. The highest BCUT2D eigenvalue weighted by Gasteiger charge is 2.67. The summed E-state index contributed by atoms with van der Waals surface area (Å²) < 4.78 is 11.5. The second-order valence-corrected chi connectivity index (χ2v) is 7.76. The molecule has 1 spiro atoms. The van der Waals surface area contributed by atoms with Crippen LogP contribution >= 0.6 is 11.6 Å². The van der Waals surface area contributed by atoms with Crippen molar-refractivity contribution in [1.82, 2.24) is 0 Å². The van der Waals surface area contributed by atoms with E-state index in [-0.39, 0.29) is 23.9 Å². The van der Waals surface area contributed by atoms with Gasteiger partial charge in [0.05, 0.1) is 25.2 Å². The van der Waals surface area contributed by atoms with Crippen molar-refractivity contribution in [2.24, 2.45) is 17.8 Å². The Kier molecular flexibility index (Phi) is 3.89. The number of carbonyl (C=O) groups is 2. The Balaban J connectivity index is 1.61. The molecule has 132 valence electrons. The van der Waals surface area contributed by atoms with Gasteiger partial charge < -0.3 is 14.4 Å². The smallest absolute Gasteiger partial charge is 0.312 e. The van der Waals surface area contributed by atoms with Crippen LogP contribution in [0.25, 0.3) is 0 Å². The molecule has 5 nitrogen and oxygen atoms in total. The summed E-state index contributed by atoms with van der Waals surface area (Å²) in [4.78, 5) is 27.3. The van der Waals surface area contributed by atoms with Crippen molar-refractivity contribution in [2.45, 2.75) is 25.6 Å². The van der Waals surface area contributed by atoms with E-state index in [0.29, 0.717) is 18.2 Å². The summed E-state index contributed by atoms with van der Waals surface area (Å²) >= 11 is 5.94. The highest BCUT2D eigenvalue weighted by molar-refractivity contribution is 6.30. The van der Waals surface area contributed by atoms with Crippen LogP contribution in [0.15, 0.2) is 36.4 Å². The summed E-state index contributed by atoms with van der Waals surface area (Å²) in [6.45, 7) is 4.71. The molecule has 4 atom stereocenters. The third-order valence-corrected chi connectivity index (χ3v) is 5.32. The van der Waals surface area contributed by atoms with E-state index in [0.717, 1.165) is 5.69 Å². The van der Waals surface area contributed by atoms with Gasteiger partial charge in [0, 0.05) is 10.7 Å².